The molecule has 0 atom stereocenters. The first-order valence-electron chi connectivity index (χ1n) is 12.9. The lowest BCUT2D eigenvalue weighted by Crippen LogP contribution is -2.54. The lowest BCUT2D eigenvalue weighted by Gasteiger charge is -2.40. The number of nitrogens with one attached hydrogen (secondary N) is 1. The molecule has 3 aromatic rings. The number of methoxy groups -OCH3 is 1. The quantitative estimate of drug-likeness (QED) is 0.280. The highest BCUT2D eigenvalue weighted by Crippen LogP contribution is 2.40. The van der Waals surface area contributed by atoms with Crippen molar-refractivity contribution in [2.45, 2.75) is 58.3 Å². The van der Waals surface area contributed by atoms with Gasteiger partial charge in [-0.15, -0.1) is 0 Å². The zero-order chi connectivity index (χ0) is 29.1. The summed E-state index contributed by atoms with van der Waals surface area (Å²) in [7, 11) is 1.63. The van der Waals surface area contributed by atoms with E-state index in [1.807, 2.05) is 64.1 Å². The average Bonchev–Trinajstić information content (AvgIpc) is 2.89. The summed E-state index contributed by atoms with van der Waals surface area (Å²) in [5, 5.41) is 3.82. The molecule has 8 nitrogen and oxygen atoms in total. The molecule has 0 bridgehead atoms. The Bertz CT molecular complexity index is 1360. The van der Waals surface area contributed by atoms with Crippen molar-refractivity contribution in [2.24, 2.45) is 0 Å². The Labute approximate surface area is 253 Å². The summed E-state index contributed by atoms with van der Waals surface area (Å²) >= 11 is 16.5. The number of carbonyl (C=O) groups excluding carboxylic acids is 1. The Morgan fingerprint density at radius 3 is 2.40 bits per heavy atom. The SMILES string of the molecule is COc1ccc(COc2nc(N3CCC(C)(NC(=O)OC(C)(C)C)CC3)c(Br)nc2-c2cccc(Cl)c2Cl)cc1. The molecule has 1 N–H and O–H groups in total. The van der Waals surface area contributed by atoms with E-state index in [0.29, 0.717) is 63.5 Å². The largest absolute Gasteiger partial charge is 0.497 e. The predicted octanol–water partition coefficient (Wildman–Crippen LogP) is 7.68. The Kier molecular flexibility index (Phi) is 9.37. The second kappa shape index (κ2) is 12.4. The van der Waals surface area contributed by atoms with E-state index >= 15 is 0 Å². The smallest absolute Gasteiger partial charge is 0.408 e. The number of hydrogen-bond donors (Lipinski definition) is 1. The number of hydrogen-bond acceptors (Lipinski definition) is 7. The van der Waals surface area contributed by atoms with Crippen LogP contribution in [0.15, 0.2) is 47.1 Å². The van der Waals surface area contributed by atoms with Crippen molar-refractivity contribution in [3.8, 4) is 22.9 Å². The number of anilines is 1. The average molecular weight is 652 g/mol. The van der Waals surface area contributed by atoms with E-state index < -0.39 is 17.2 Å². The number of piperidine rings is 1. The molecule has 40 heavy (non-hydrogen) atoms. The van der Waals surface area contributed by atoms with Gasteiger partial charge >= 0.3 is 6.09 Å². The fraction of sp³-hybridized carbons (Fsp3) is 0.414. The van der Waals surface area contributed by atoms with Crippen molar-refractivity contribution in [3.05, 3.63) is 62.7 Å². The van der Waals surface area contributed by atoms with Gasteiger partial charge in [-0.2, -0.15) is 4.98 Å². The van der Waals surface area contributed by atoms with Crippen molar-refractivity contribution in [2.75, 3.05) is 25.1 Å². The summed E-state index contributed by atoms with van der Waals surface area (Å²) in [5.41, 5.74) is 1.08. The van der Waals surface area contributed by atoms with E-state index in [1.54, 1.807) is 13.2 Å². The van der Waals surface area contributed by atoms with Crippen molar-refractivity contribution < 1.29 is 19.0 Å². The molecule has 11 heteroatoms. The summed E-state index contributed by atoms with van der Waals surface area (Å²) < 4.78 is 17.5. The van der Waals surface area contributed by atoms with E-state index in [9.17, 15) is 4.79 Å². The summed E-state index contributed by atoms with van der Waals surface area (Å²) in [6, 6.07) is 13.0. The lowest BCUT2D eigenvalue weighted by atomic mass is 9.90. The van der Waals surface area contributed by atoms with Crippen LogP contribution in [0.25, 0.3) is 11.3 Å². The number of nitrogens with zero attached hydrogens (tertiary/aromatic N) is 3. The van der Waals surface area contributed by atoms with Crippen LogP contribution in [0.3, 0.4) is 0 Å². The standard InChI is InChI=1S/C29H33BrCl2N4O4/c1-28(2,3)40-27(37)35-29(4)13-15-36(16-14-29)25-24(30)33-23(20-7-6-8-21(31)22(20)32)26(34-25)39-17-18-9-11-19(38-5)12-10-18/h6-12H,13-17H2,1-5H3,(H,35,37). The number of carbonyl (C=O) groups is 1. The molecule has 1 saturated heterocycles. The summed E-state index contributed by atoms with van der Waals surface area (Å²) in [4.78, 5) is 24.3. The third kappa shape index (κ3) is 7.50. The Hall–Kier alpha value is -2.75. The normalized spacial score (nSPS) is 14.9. The molecule has 1 fully saturated rings. The fourth-order valence-corrected chi connectivity index (χ4v) is 5.22. The first kappa shape index (κ1) is 30.2. The summed E-state index contributed by atoms with van der Waals surface area (Å²) in [5.74, 6) is 1.74. The summed E-state index contributed by atoms with van der Waals surface area (Å²) in [6.07, 6.45) is 0.982. The maximum absolute atomic E-state index is 12.4. The van der Waals surface area contributed by atoms with Crippen molar-refractivity contribution >= 4 is 51.0 Å². The van der Waals surface area contributed by atoms with Gasteiger partial charge in [-0.1, -0.05) is 47.5 Å². The molecule has 0 aliphatic carbocycles. The number of alkyl carbamates (subject to hydrolysis) is 1. The molecule has 0 unspecified atom stereocenters. The van der Waals surface area contributed by atoms with E-state index in [1.165, 1.54) is 0 Å². The molecule has 1 amide bonds. The minimum absolute atomic E-state index is 0.267. The number of aromatic nitrogens is 2. The highest BCUT2D eigenvalue weighted by atomic mass is 79.9. The maximum Gasteiger partial charge on any atom is 0.408 e. The van der Waals surface area contributed by atoms with Gasteiger partial charge in [-0.25, -0.2) is 9.78 Å². The molecule has 214 valence electrons. The lowest BCUT2D eigenvalue weighted by molar-refractivity contribution is 0.0448. The van der Waals surface area contributed by atoms with Gasteiger partial charge in [-0.05, 0) is 80.2 Å². The molecule has 2 aromatic carbocycles. The molecule has 0 spiro atoms. The van der Waals surface area contributed by atoms with Crippen molar-refractivity contribution in [1.29, 1.82) is 0 Å². The van der Waals surface area contributed by atoms with Crippen LogP contribution in [-0.2, 0) is 11.3 Å². The minimum Gasteiger partial charge on any atom is -0.497 e. The van der Waals surface area contributed by atoms with Crippen molar-refractivity contribution in [3.63, 3.8) is 0 Å². The van der Waals surface area contributed by atoms with Gasteiger partial charge in [0, 0.05) is 24.2 Å². The van der Waals surface area contributed by atoms with E-state index in [4.69, 9.17) is 47.4 Å². The maximum atomic E-state index is 12.4. The van der Waals surface area contributed by atoms with Crippen molar-refractivity contribution in [1.82, 2.24) is 15.3 Å². The number of ether oxygens (including phenoxy) is 3. The van der Waals surface area contributed by atoms with E-state index in [2.05, 4.69) is 26.1 Å². The van der Waals surface area contributed by atoms with Crippen LogP contribution < -0.4 is 19.7 Å². The van der Waals surface area contributed by atoms with Gasteiger partial charge in [0.2, 0.25) is 5.88 Å². The first-order chi connectivity index (χ1) is 18.9. The van der Waals surface area contributed by atoms with Gasteiger partial charge in [0.25, 0.3) is 0 Å². The second-order valence-corrected chi connectivity index (χ2v) is 12.4. The Balaban J connectivity index is 1.59. The van der Waals surface area contributed by atoms with Gasteiger partial charge in [0.15, 0.2) is 5.82 Å². The zero-order valence-corrected chi connectivity index (χ0v) is 26.3. The van der Waals surface area contributed by atoms with Gasteiger partial charge in [-0.3, -0.25) is 0 Å². The number of benzene rings is 2. The number of rotatable bonds is 7. The van der Waals surface area contributed by atoms with Crippen LogP contribution in [0.5, 0.6) is 11.6 Å². The topological polar surface area (TPSA) is 85.8 Å². The van der Waals surface area contributed by atoms with E-state index in [0.717, 1.165) is 11.3 Å². The van der Waals surface area contributed by atoms with Gasteiger partial charge in [0.05, 0.1) is 17.2 Å². The molecule has 0 saturated carbocycles. The second-order valence-electron chi connectivity index (χ2n) is 10.9. The third-order valence-corrected chi connectivity index (χ3v) is 7.87. The fourth-order valence-electron chi connectivity index (χ4n) is 4.32. The highest BCUT2D eigenvalue weighted by Gasteiger charge is 2.34. The monoisotopic (exact) mass is 650 g/mol. The Morgan fingerprint density at radius 2 is 1.77 bits per heavy atom. The molecule has 2 heterocycles. The zero-order valence-electron chi connectivity index (χ0n) is 23.2. The van der Waals surface area contributed by atoms with Crippen LogP contribution in [0, 0.1) is 0 Å². The van der Waals surface area contributed by atoms with Crippen LogP contribution in [-0.4, -0.2) is 47.4 Å². The van der Waals surface area contributed by atoms with Crippen LogP contribution in [0.4, 0.5) is 10.6 Å². The van der Waals surface area contributed by atoms with E-state index in [-0.39, 0.29) is 6.61 Å². The molecular formula is C29H33BrCl2N4O4. The molecule has 1 aromatic heterocycles. The summed E-state index contributed by atoms with van der Waals surface area (Å²) in [6.45, 7) is 9.14. The molecule has 0 radical (unpaired) electrons. The van der Waals surface area contributed by atoms with Crippen LogP contribution >= 0.6 is 39.1 Å². The Morgan fingerprint density at radius 1 is 1.10 bits per heavy atom. The molecule has 1 aliphatic heterocycles. The molecule has 1 aliphatic rings. The molecule has 4 rings (SSSR count). The number of amides is 1. The first-order valence-corrected chi connectivity index (χ1v) is 14.5. The van der Waals surface area contributed by atoms with Gasteiger partial charge in [0.1, 0.15) is 28.3 Å². The molecular weight excluding hydrogens is 619 g/mol. The minimum atomic E-state index is -0.558. The highest BCUT2D eigenvalue weighted by molar-refractivity contribution is 9.10. The number of halogens is 3. The third-order valence-electron chi connectivity index (χ3n) is 6.52. The van der Waals surface area contributed by atoms with Crippen LogP contribution in [0.2, 0.25) is 10.0 Å². The van der Waals surface area contributed by atoms with Crippen LogP contribution in [0.1, 0.15) is 46.1 Å². The predicted molar refractivity (Wildman–Crippen MR) is 162 cm³/mol. The van der Waals surface area contributed by atoms with Gasteiger partial charge < -0.3 is 24.4 Å².